The number of nitriles is 1. The van der Waals surface area contributed by atoms with Crippen LogP contribution in [-0.4, -0.2) is 106 Å². The van der Waals surface area contributed by atoms with Crippen LogP contribution in [0.25, 0.3) is 16.6 Å². The number of aromatic nitrogens is 4. The number of piperazine rings is 1. The SMILES string of the molecule is C=CC(=O)N1CCN(c2nc(N3CC(N4C[C@@H](C)O[C@@H](C)C4)C3)nc3c(=O)n(-c4cccc(C)c4C(F)(F)F)ncc23)C[C@@H]1CC#N. The van der Waals surface area contributed by atoms with Crippen molar-refractivity contribution in [2.75, 3.05) is 55.6 Å². The molecule has 3 atom stereocenters. The molecule has 0 aliphatic carbocycles. The van der Waals surface area contributed by atoms with E-state index in [0.29, 0.717) is 25.5 Å². The molecule has 12 nitrogen and oxygen atoms in total. The average Bonchev–Trinajstić information content (AvgIpc) is 2.99. The number of anilines is 2. The Kier molecular flexibility index (Phi) is 8.66. The second-order valence-electron chi connectivity index (χ2n) is 12.4. The van der Waals surface area contributed by atoms with E-state index in [-0.39, 0.29) is 66.1 Å². The van der Waals surface area contributed by atoms with Gasteiger partial charge in [0.1, 0.15) is 11.3 Å². The molecular formula is C32H36F3N9O3. The predicted octanol–water partition coefficient (Wildman–Crippen LogP) is 2.92. The highest BCUT2D eigenvalue weighted by atomic mass is 19.4. The van der Waals surface area contributed by atoms with Crippen LogP contribution in [0.4, 0.5) is 24.9 Å². The van der Waals surface area contributed by atoms with Crippen molar-refractivity contribution in [2.24, 2.45) is 0 Å². The van der Waals surface area contributed by atoms with E-state index in [1.165, 1.54) is 37.4 Å². The van der Waals surface area contributed by atoms with Crippen LogP contribution in [0.2, 0.25) is 0 Å². The number of alkyl halides is 3. The molecule has 47 heavy (non-hydrogen) atoms. The number of carbonyl (C=O) groups is 1. The van der Waals surface area contributed by atoms with Gasteiger partial charge in [0.15, 0.2) is 0 Å². The first-order valence-corrected chi connectivity index (χ1v) is 15.6. The maximum Gasteiger partial charge on any atom is 0.418 e. The van der Waals surface area contributed by atoms with E-state index in [9.17, 15) is 28.0 Å². The van der Waals surface area contributed by atoms with Crippen LogP contribution < -0.4 is 15.4 Å². The number of amides is 1. The summed E-state index contributed by atoms with van der Waals surface area (Å²) in [5.41, 5.74) is -2.28. The fourth-order valence-corrected chi connectivity index (χ4v) is 6.85. The summed E-state index contributed by atoms with van der Waals surface area (Å²) in [7, 11) is 0. The zero-order valence-corrected chi connectivity index (χ0v) is 26.4. The normalized spacial score (nSPS) is 22.7. The lowest BCUT2D eigenvalue weighted by Crippen LogP contribution is -2.64. The summed E-state index contributed by atoms with van der Waals surface area (Å²) < 4.78 is 49.1. The lowest BCUT2D eigenvalue weighted by molar-refractivity contribution is -0.138. The summed E-state index contributed by atoms with van der Waals surface area (Å²) >= 11 is 0. The minimum Gasteiger partial charge on any atom is -0.373 e. The summed E-state index contributed by atoms with van der Waals surface area (Å²) in [6, 6.07) is 5.88. The van der Waals surface area contributed by atoms with Crippen LogP contribution in [0, 0.1) is 18.3 Å². The fraction of sp³-hybridized carbons (Fsp3) is 0.500. The molecule has 3 fully saturated rings. The fourth-order valence-electron chi connectivity index (χ4n) is 6.85. The summed E-state index contributed by atoms with van der Waals surface area (Å²) in [4.78, 5) is 43.9. The van der Waals surface area contributed by atoms with Gasteiger partial charge in [0, 0.05) is 51.9 Å². The van der Waals surface area contributed by atoms with Gasteiger partial charge < -0.3 is 19.4 Å². The molecule has 0 N–H and O–H groups in total. The lowest BCUT2D eigenvalue weighted by atomic mass is 10.1. The smallest absolute Gasteiger partial charge is 0.373 e. The molecule has 3 aliphatic heterocycles. The van der Waals surface area contributed by atoms with Gasteiger partial charge in [-0.1, -0.05) is 18.7 Å². The number of rotatable bonds is 6. The third-order valence-electron chi connectivity index (χ3n) is 9.05. The van der Waals surface area contributed by atoms with E-state index in [4.69, 9.17) is 9.72 Å². The molecule has 1 aromatic carbocycles. The van der Waals surface area contributed by atoms with Gasteiger partial charge in [0.25, 0.3) is 5.56 Å². The Morgan fingerprint density at radius 2 is 1.83 bits per heavy atom. The molecule has 6 rings (SSSR count). The zero-order chi connectivity index (χ0) is 33.6. The predicted molar refractivity (Wildman–Crippen MR) is 168 cm³/mol. The number of carbonyl (C=O) groups excluding carboxylic acids is 1. The number of hydrogen-bond donors (Lipinski definition) is 0. The van der Waals surface area contributed by atoms with E-state index < -0.39 is 29.0 Å². The summed E-state index contributed by atoms with van der Waals surface area (Å²) in [5.74, 6) is 0.349. The van der Waals surface area contributed by atoms with Crippen molar-refractivity contribution in [3.63, 3.8) is 0 Å². The first-order chi connectivity index (χ1) is 22.4. The monoisotopic (exact) mass is 651 g/mol. The molecule has 5 heterocycles. The quantitative estimate of drug-likeness (QED) is 0.368. The van der Waals surface area contributed by atoms with Crippen LogP contribution in [0.5, 0.6) is 0 Å². The topological polar surface area (TPSA) is 124 Å². The molecule has 248 valence electrons. The number of fused-ring (bicyclic) bond motifs is 1. The van der Waals surface area contributed by atoms with Gasteiger partial charge in [-0.05, 0) is 38.5 Å². The molecule has 0 radical (unpaired) electrons. The molecular weight excluding hydrogens is 615 g/mol. The highest BCUT2D eigenvalue weighted by molar-refractivity contribution is 5.90. The summed E-state index contributed by atoms with van der Waals surface area (Å²) in [5, 5.41) is 14.0. The Balaban J connectivity index is 1.43. The van der Waals surface area contributed by atoms with Crippen LogP contribution in [0.1, 0.15) is 31.4 Å². The number of aryl methyl sites for hydroxylation is 1. The van der Waals surface area contributed by atoms with Crippen molar-refractivity contribution in [3.8, 4) is 11.8 Å². The number of benzene rings is 1. The first kappa shape index (κ1) is 32.4. The van der Waals surface area contributed by atoms with Gasteiger partial charge in [0.2, 0.25) is 11.9 Å². The standard InChI is InChI=1S/C32H36F3N9O3/c1-5-26(45)43-12-11-40(16-22(43)9-10-36)29-24-13-37-44(25-8-6-7-19(2)27(25)32(33,34)35)30(46)28(24)38-31(39-29)42-17-23(18-42)41-14-20(3)47-21(4)15-41/h5-8,13,20-23H,1,9,11-12,14-18H2,2-4H3/t20-,21+,22-/m0/s1. The van der Waals surface area contributed by atoms with Crippen LogP contribution in [-0.2, 0) is 15.7 Å². The van der Waals surface area contributed by atoms with Crippen LogP contribution in [0.3, 0.4) is 0 Å². The molecule has 3 aliphatic rings. The molecule has 1 amide bonds. The molecule has 0 spiro atoms. The minimum absolute atomic E-state index is 0.0401. The summed E-state index contributed by atoms with van der Waals surface area (Å²) in [6.07, 6.45) is -1.94. The lowest BCUT2D eigenvalue weighted by Gasteiger charge is -2.49. The molecule has 0 bridgehead atoms. The Bertz CT molecular complexity index is 1790. The van der Waals surface area contributed by atoms with E-state index >= 15 is 0 Å². The molecule has 0 unspecified atom stereocenters. The first-order valence-electron chi connectivity index (χ1n) is 15.6. The summed E-state index contributed by atoms with van der Waals surface area (Å²) in [6.45, 7) is 12.6. The molecule has 3 aromatic rings. The van der Waals surface area contributed by atoms with Crippen molar-refractivity contribution in [2.45, 2.75) is 57.7 Å². The van der Waals surface area contributed by atoms with E-state index in [1.54, 1.807) is 4.90 Å². The number of morpholine rings is 1. The Labute approximate surface area is 269 Å². The maximum atomic E-state index is 14.2. The Hall–Kier alpha value is -4.55. The molecule has 15 heteroatoms. The zero-order valence-electron chi connectivity index (χ0n) is 26.4. The third kappa shape index (κ3) is 6.15. The van der Waals surface area contributed by atoms with Gasteiger partial charge in [-0.2, -0.15) is 33.2 Å². The van der Waals surface area contributed by atoms with Gasteiger partial charge >= 0.3 is 6.18 Å². The van der Waals surface area contributed by atoms with Crippen LogP contribution >= 0.6 is 0 Å². The van der Waals surface area contributed by atoms with E-state index in [0.717, 1.165) is 17.8 Å². The Morgan fingerprint density at radius 1 is 1.11 bits per heavy atom. The van der Waals surface area contributed by atoms with Crippen molar-refractivity contribution >= 4 is 28.6 Å². The highest BCUT2D eigenvalue weighted by Gasteiger charge is 2.39. The molecule has 2 aromatic heterocycles. The number of hydrogen-bond acceptors (Lipinski definition) is 10. The Morgan fingerprint density at radius 3 is 2.49 bits per heavy atom. The van der Waals surface area contributed by atoms with Gasteiger partial charge in [0.05, 0.1) is 53.6 Å². The largest absolute Gasteiger partial charge is 0.418 e. The van der Waals surface area contributed by atoms with Gasteiger partial charge in [-0.3, -0.25) is 14.5 Å². The van der Waals surface area contributed by atoms with Gasteiger partial charge in [-0.15, -0.1) is 0 Å². The number of nitrogens with zero attached hydrogens (tertiary/aromatic N) is 9. The number of halogens is 3. The third-order valence-corrected chi connectivity index (χ3v) is 9.05. The van der Waals surface area contributed by atoms with Crippen molar-refractivity contribution in [1.82, 2.24) is 29.5 Å². The maximum absolute atomic E-state index is 14.2. The van der Waals surface area contributed by atoms with Crippen molar-refractivity contribution < 1.29 is 22.7 Å². The molecule has 0 saturated carbocycles. The molecule has 3 saturated heterocycles. The number of ether oxygens (including phenoxy) is 1. The van der Waals surface area contributed by atoms with Crippen molar-refractivity contribution in [1.29, 1.82) is 5.26 Å². The second kappa shape index (κ2) is 12.6. The second-order valence-corrected chi connectivity index (χ2v) is 12.4. The van der Waals surface area contributed by atoms with Gasteiger partial charge in [-0.25, -0.2) is 4.98 Å². The van der Waals surface area contributed by atoms with E-state index in [2.05, 4.69) is 27.6 Å². The van der Waals surface area contributed by atoms with Crippen molar-refractivity contribution in [3.05, 3.63) is 58.5 Å². The highest BCUT2D eigenvalue weighted by Crippen LogP contribution is 2.36. The van der Waals surface area contributed by atoms with E-state index in [1.807, 2.05) is 23.6 Å². The average molecular weight is 652 g/mol. The van der Waals surface area contributed by atoms with Crippen LogP contribution in [0.15, 0.2) is 41.8 Å². The minimum atomic E-state index is -4.72.